The number of pyridine rings is 1. The molecule has 0 aromatic carbocycles. The zero-order valence-corrected chi connectivity index (χ0v) is 9.20. The van der Waals surface area contributed by atoms with Crippen molar-refractivity contribution in [3.63, 3.8) is 0 Å². The van der Waals surface area contributed by atoms with Gasteiger partial charge in [0, 0.05) is 22.7 Å². The van der Waals surface area contributed by atoms with E-state index < -0.39 is 17.7 Å². The normalized spacial score (nSPS) is 11.5. The monoisotopic (exact) mass is 285 g/mol. The van der Waals surface area contributed by atoms with Gasteiger partial charge < -0.3 is 9.72 Å². The van der Waals surface area contributed by atoms with Crippen LogP contribution in [0, 0.1) is 6.92 Å². The lowest BCUT2D eigenvalue weighted by Gasteiger charge is -2.12. The van der Waals surface area contributed by atoms with E-state index in [1.165, 1.54) is 6.92 Å². The number of H-pyrrole nitrogens is 1. The second-order valence-electron chi connectivity index (χ2n) is 2.77. The Morgan fingerprint density at radius 3 is 2.60 bits per heavy atom. The lowest BCUT2D eigenvalue weighted by molar-refractivity contribution is -0.275. The number of hydrogen-bond donors (Lipinski definition) is 1. The fourth-order valence-corrected chi connectivity index (χ4v) is 1.73. The predicted molar refractivity (Wildman–Crippen MR) is 51.1 cm³/mol. The van der Waals surface area contributed by atoms with Crippen molar-refractivity contribution in [1.29, 1.82) is 0 Å². The fourth-order valence-electron chi connectivity index (χ4n) is 1.03. The van der Waals surface area contributed by atoms with Crippen LogP contribution in [0.15, 0.2) is 11.0 Å². The van der Waals surface area contributed by atoms with Crippen LogP contribution >= 0.6 is 15.9 Å². The van der Waals surface area contributed by atoms with Crippen molar-refractivity contribution in [1.82, 2.24) is 4.98 Å². The van der Waals surface area contributed by atoms with Crippen LogP contribution in [0.2, 0.25) is 0 Å². The summed E-state index contributed by atoms with van der Waals surface area (Å²) in [6, 6.07) is 0. The first-order chi connectivity index (χ1) is 6.85. The number of rotatable bonds is 2. The lowest BCUT2D eigenvalue weighted by atomic mass is 10.2. The second kappa shape index (κ2) is 4.26. The molecule has 7 heteroatoms. The topological polar surface area (TPSA) is 42.1 Å². The maximum Gasteiger partial charge on any atom is 0.573 e. The van der Waals surface area contributed by atoms with Crippen LogP contribution in [0.1, 0.15) is 11.1 Å². The van der Waals surface area contributed by atoms with Crippen LogP contribution in [0.3, 0.4) is 0 Å². The first-order valence-corrected chi connectivity index (χ1v) is 5.00. The summed E-state index contributed by atoms with van der Waals surface area (Å²) in [5.41, 5.74) is -0.0383. The van der Waals surface area contributed by atoms with Gasteiger partial charge in [-0.15, -0.1) is 13.2 Å². The van der Waals surface area contributed by atoms with Gasteiger partial charge in [0.1, 0.15) is 5.75 Å². The molecule has 3 nitrogen and oxygen atoms in total. The third kappa shape index (κ3) is 2.98. The van der Waals surface area contributed by atoms with Crippen molar-refractivity contribution in [2.45, 2.75) is 18.6 Å². The quantitative estimate of drug-likeness (QED) is 0.849. The molecule has 0 spiro atoms. The Bertz CT molecular complexity index is 413. The van der Waals surface area contributed by atoms with Crippen LogP contribution in [0.25, 0.3) is 0 Å². The predicted octanol–water partition coefficient (Wildman–Crippen LogP) is 2.48. The minimum atomic E-state index is -4.76. The highest BCUT2D eigenvalue weighted by Gasteiger charge is 2.32. The van der Waals surface area contributed by atoms with Gasteiger partial charge >= 0.3 is 6.36 Å². The third-order valence-corrected chi connectivity index (χ3v) is 2.35. The molecule has 0 atom stereocenters. The van der Waals surface area contributed by atoms with E-state index in [-0.39, 0.29) is 16.5 Å². The molecule has 1 aromatic rings. The zero-order chi connectivity index (χ0) is 11.6. The summed E-state index contributed by atoms with van der Waals surface area (Å²) in [5.74, 6) is -0.392. The van der Waals surface area contributed by atoms with Gasteiger partial charge in [0.15, 0.2) is 0 Å². The largest absolute Gasteiger partial charge is 0.573 e. The van der Waals surface area contributed by atoms with Gasteiger partial charge in [-0.2, -0.15) is 0 Å². The minimum absolute atomic E-state index is 0.119. The van der Waals surface area contributed by atoms with Crippen LogP contribution in [0.5, 0.6) is 5.75 Å². The van der Waals surface area contributed by atoms with Crippen molar-refractivity contribution in [3.8, 4) is 5.75 Å². The van der Waals surface area contributed by atoms with Crippen molar-refractivity contribution in [3.05, 3.63) is 27.7 Å². The summed E-state index contributed by atoms with van der Waals surface area (Å²) in [7, 11) is 0. The SMILES string of the molecule is Cc1c(CBr)c(OC(F)(F)F)c[nH]c1=O. The summed E-state index contributed by atoms with van der Waals surface area (Å²) < 4.78 is 39.6. The molecule has 1 N–H and O–H groups in total. The fraction of sp³-hybridized carbons (Fsp3) is 0.375. The summed E-state index contributed by atoms with van der Waals surface area (Å²) in [4.78, 5) is 13.3. The summed E-state index contributed by atoms with van der Waals surface area (Å²) in [6.45, 7) is 1.43. The highest BCUT2D eigenvalue weighted by molar-refractivity contribution is 9.08. The number of halogens is 4. The van der Waals surface area contributed by atoms with Gasteiger partial charge in [-0.1, -0.05) is 15.9 Å². The van der Waals surface area contributed by atoms with Crippen molar-refractivity contribution < 1.29 is 17.9 Å². The molecule has 1 rings (SSSR count). The highest BCUT2D eigenvalue weighted by atomic mass is 79.9. The Morgan fingerprint density at radius 1 is 1.53 bits per heavy atom. The van der Waals surface area contributed by atoms with E-state index in [4.69, 9.17) is 0 Å². The number of alkyl halides is 4. The molecule has 0 saturated carbocycles. The van der Waals surface area contributed by atoms with Crippen LogP contribution in [-0.2, 0) is 5.33 Å². The molecular weight excluding hydrogens is 279 g/mol. The molecule has 1 heterocycles. The average Bonchev–Trinajstić information content (AvgIpc) is 2.10. The summed E-state index contributed by atoms with van der Waals surface area (Å²) in [5, 5.41) is 0.119. The van der Waals surface area contributed by atoms with Crippen LogP contribution < -0.4 is 10.3 Å². The Kier molecular flexibility index (Phi) is 3.43. The first-order valence-electron chi connectivity index (χ1n) is 3.88. The van der Waals surface area contributed by atoms with Crippen LogP contribution in [-0.4, -0.2) is 11.3 Å². The number of ether oxygens (including phenoxy) is 1. The van der Waals surface area contributed by atoms with E-state index in [9.17, 15) is 18.0 Å². The smallest absolute Gasteiger partial charge is 0.404 e. The van der Waals surface area contributed by atoms with Crippen molar-refractivity contribution in [2.24, 2.45) is 0 Å². The molecule has 1 aromatic heterocycles. The molecule has 0 aliphatic heterocycles. The molecule has 0 radical (unpaired) electrons. The number of nitrogens with one attached hydrogen (secondary N) is 1. The maximum absolute atomic E-state index is 12.0. The Morgan fingerprint density at radius 2 is 2.13 bits per heavy atom. The molecule has 84 valence electrons. The Hall–Kier alpha value is -0.980. The molecule has 0 amide bonds. The minimum Gasteiger partial charge on any atom is -0.404 e. The summed E-state index contributed by atoms with van der Waals surface area (Å²) in [6.07, 6.45) is -3.86. The van der Waals surface area contributed by atoms with Gasteiger partial charge in [0.2, 0.25) is 0 Å². The third-order valence-electron chi connectivity index (χ3n) is 1.78. The molecular formula is C8H7BrF3NO2. The van der Waals surface area contributed by atoms with Crippen molar-refractivity contribution >= 4 is 15.9 Å². The molecule has 0 aliphatic carbocycles. The van der Waals surface area contributed by atoms with Gasteiger partial charge in [-0.05, 0) is 6.92 Å². The van der Waals surface area contributed by atoms with E-state index in [2.05, 4.69) is 25.7 Å². The standard InChI is InChI=1S/C8H7BrF3NO2/c1-4-5(2-9)6(3-13-7(4)14)15-8(10,11)12/h3H,2H2,1H3,(H,13,14). The maximum atomic E-state index is 12.0. The van der Waals surface area contributed by atoms with Gasteiger partial charge in [0.25, 0.3) is 5.56 Å². The van der Waals surface area contributed by atoms with Crippen molar-refractivity contribution in [2.75, 3.05) is 0 Å². The number of aromatic amines is 1. The number of aromatic nitrogens is 1. The molecule has 0 fully saturated rings. The first kappa shape index (κ1) is 12.1. The van der Waals surface area contributed by atoms with Gasteiger partial charge in [-0.3, -0.25) is 4.79 Å². The van der Waals surface area contributed by atoms with E-state index in [0.29, 0.717) is 0 Å². The Balaban J connectivity index is 3.20. The van der Waals surface area contributed by atoms with Gasteiger partial charge in [0.05, 0.1) is 0 Å². The van der Waals surface area contributed by atoms with E-state index in [1.54, 1.807) is 0 Å². The molecule has 0 bridgehead atoms. The highest BCUT2D eigenvalue weighted by Crippen LogP contribution is 2.27. The van der Waals surface area contributed by atoms with Crippen LogP contribution in [0.4, 0.5) is 13.2 Å². The molecule has 0 aliphatic rings. The summed E-state index contributed by atoms with van der Waals surface area (Å²) >= 11 is 3.00. The van der Waals surface area contributed by atoms with E-state index in [1.807, 2.05) is 0 Å². The zero-order valence-electron chi connectivity index (χ0n) is 7.61. The average molecular weight is 286 g/mol. The Labute approximate surface area is 91.4 Å². The molecule has 15 heavy (non-hydrogen) atoms. The molecule has 0 saturated heterocycles. The van der Waals surface area contributed by atoms with E-state index >= 15 is 0 Å². The van der Waals surface area contributed by atoms with E-state index in [0.717, 1.165) is 6.20 Å². The molecule has 0 unspecified atom stereocenters. The van der Waals surface area contributed by atoms with Gasteiger partial charge in [-0.25, -0.2) is 0 Å². The second-order valence-corrected chi connectivity index (χ2v) is 3.33. The lowest BCUT2D eigenvalue weighted by Crippen LogP contribution is -2.21. The number of hydrogen-bond acceptors (Lipinski definition) is 2.